The van der Waals surface area contributed by atoms with Crippen molar-refractivity contribution in [2.75, 3.05) is 0 Å². The highest BCUT2D eigenvalue weighted by Gasteiger charge is 2.13. The molecule has 0 aliphatic carbocycles. The number of nitrogens with one attached hydrogen (secondary N) is 2. The van der Waals surface area contributed by atoms with E-state index in [-0.39, 0.29) is 11.4 Å². The first kappa shape index (κ1) is 10.3. The zero-order valence-electron chi connectivity index (χ0n) is 7.92. The van der Waals surface area contributed by atoms with Crippen LogP contribution in [0.15, 0.2) is 10.2 Å². The standard InChI is InChI=1S/C7H5F3N6/c1-2-4(9)11-13-6(2)14-16-7-3(8)5(10)12-15-7/h1H3,(H,11,13)(H,12,15). The highest BCUT2D eigenvalue weighted by Crippen LogP contribution is 2.21. The molecule has 16 heavy (non-hydrogen) atoms. The number of azo groups is 1. The lowest BCUT2D eigenvalue weighted by Gasteiger charge is -1.85. The van der Waals surface area contributed by atoms with Gasteiger partial charge in [0.2, 0.25) is 29.3 Å². The molecule has 0 atom stereocenters. The molecular weight excluding hydrogens is 225 g/mol. The molecule has 0 saturated heterocycles. The molecule has 0 spiro atoms. The number of aromatic nitrogens is 4. The van der Waals surface area contributed by atoms with Gasteiger partial charge in [-0.05, 0) is 6.92 Å². The van der Waals surface area contributed by atoms with Gasteiger partial charge in [-0.1, -0.05) is 0 Å². The summed E-state index contributed by atoms with van der Waals surface area (Å²) in [4.78, 5) is 0. The van der Waals surface area contributed by atoms with E-state index in [0.29, 0.717) is 0 Å². The average Bonchev–Trinajstić information content (AvgIpc) is 2.74. The van der Waals surface area contributed by atoms with Gasteiger partial charge in [0.1, 0.15) is 0 Å². The van der Waals surface area contributed by atoms with Gasteiger partial charge >= 0.3 is 0 Å². The van der Waals surface area contributed by atoms with Gasteiger partial charge in [-0.25, -0.2) is 5.10 Å². The molecule has 0 unspecified atom stereocenters. The van der Waals surface area contributed by atoms with Crippen LogP contribution >= 0.6 is 0 Å². The molecule has 2 heterocycles. The van der Waals surface area contributed by atoms with E-state index in [1.54, 1.807) is 5.10 Å². The molecule has 84 valence electrons. The summed E-state index contributed by atoms with van der Waals surface area (Å²) in [7, 11) is 0. The third-order valence-corrected chi connectivity index (χ3v) is 1.81. The zero-order chi connectivity index (χ0) is 11.7. The predicted octanol–water partition coefficient (Wildman–Crippen LogP) is 2.27. The van der Waals surface area contributed by atoms with Crippen molar-refractivity contribution in [1.29, 1.82) is 0 Å². The number of hydrogen-bond acceptors (Lipinski definition) is 4. The summed E-state index contributed by atoms with van der Waals surface area (Å²) in [5, 5.41) is 17.1. The second-order valence-corrected chi connectivity index (χ2v) is 2.86. The zero-order valence-corrected chi connectivity index (χ0v) is 7.92. The summed E-state index contributed by atoms with van der Waals surface area (Å²) in [5.74, 6) is -3.76. The first-order chi connectivity index (χ1) is 7.59. The number of halogens is 3. The summed E-state index contributed by atoms with van der Waals surface area (Å²) in [5.41, 5.74) is 0.125. The molecule has 0 radical (unpaired) electrons. The molecule has 2 aromatic heterocycles. The minimum absolute atomic E-state index is 0.0553. The Hall–Kier alpha value is -2.19. The fourth-order valence-corrected chi connectivity index (χ4v) is 0.925. The van der Waals surface area contributed by atoms with E-state index in [9.17, 15) is 13.2 Å². The second kappa shape index (κ2) is 3.76. The van der Waals surface area contributed by atoms with E-state index < -0.39 is 23.5 Å². The van der Waals surface area contributed by atoms with Crippen molar-refractivity contribution < 1.29 is 13.2 Å². The molecule has 0 saturated carbocycles. The maximum absolute atomic E-state index is 12.8. The number of hydrogen-bond donors (Lipinski definition) is 2. The molecule has 0 aliphatic heterocycles. The molecule has 0 aliphatic rings. The van der Waals surface area contributed by atoms with E-state index >= 15 is 0 Å². The van der Waals surface area contributed by atoms with Crippen molar-refractivity contribution in [3.05, 3.63) is 23.3 Å². The van der Waals surface area contributed by atoms with Gasteiger partial charge in [0.25, 0.3) is 0 Å². The molecule has 2 aromatic rings. The van der Waals surface area contributed by atoms with Crippen molar-refractivity contribution in [3.63, 3.8) is 0 Å². The van der Waals surface area contributed by atoms with Gasteiger partial charge in [0, 0.05) is 0 Å². The highest BCUT2D eigenvalue weighted by atomic mass is 19.2. The Balaban J connectivity index is 2.28. The van der Waals surface area contributed by atoms with E-state index in [4.69, 9.17) is 0 Å². The van der Waals surface area contributed by atoms with Gasteiger partial charge in [0.15, 0.2) is 0 Å². The fourth-order valence-electron chi connectivity index (χ4n) is 0.925. The molecule has 0 amide bonds. The van der Waals surface area contributed by atoms with Crippen LogP contribution in [-0.4, -0.2) is 20.4 Å². The van der Waals surface area contributed by atoms with Crippen LogP contribution in [0.25, 0.3) is 0 Å². The summed E-state index contributed by atoms with van der Waals surface area (Å²) in [6.45, 7) is 1.41. The molecule has 0 fully saturated rings. The molecule has 0 bridgehead atoms. The largest absolute Gasteiger partial charge is 0.251 e. The number of H-pyrrole nitrogens is 2. The van der Waals surface area contributed by atoms with Crippen molar-refractivity contribution in [3.8, 4) is 0 Å². The van der Waals surface area contributed by atoms with Crippen LogP contribution in [0.3, 0.4) is 0 Å². The first-order valence-corrected chi connectivity index (χ1v) is 4.11. The molecule has 6 nitrogen and oxygen atoms in total. The Bertz CT molecular complexity index is 494. The van der Waals surface area contributed by atoms with Crippen molar-refractivity contribution in [1.82, 2.24) is 20.4 Å². The van der Waals surface area contributed by atoms with Crippen LogP contribution in [0.5, 0.6) is 0 Å². The van der Waals surface area contributed by atoms with Gasteiger partial charge in [-0.3, -0.25) is 5.10 Å². The SMILES string of the molecule is Cc1c(N=Nc2n[nH]c(F)c2F)n[nH]c1F. The average molecular weight is 230 g/mol. The van der Waals surface area contributed by atoms with E-state index in [1.807, 2.05) is 5.10 Å². The summed E-state index contributed by atoms with van der Waals surface area (Å²) < 4.78 is 38.1. The van der Waals surface area contributed by atoms with E-state index in [1.165, 1.54) is 6.92 Å². The van der Waals surface area contributed by atoms with Gasteiger partial charge in [0.05, 0.1) is 5.56 Å². The third-order valence-electron chi connectivity index (χ3n) is 1.81. The number of aromatic amines is 2. The van der Waals surface area contributed by atoms with E-state index in [2.05, 4.69) is 20.4 Å². The first-order valence-electron chi connectivity index (χ1n) is 4.11. The molecular formula is C7H5F3N6. The maximum Gasteiger partial charge on any atom is 0.247 e. The summed E-state index contributed by atoms with van der Waals surface area (Å²) in [6.07, 6.45) is 0. The topological polar surface area (TPSA) is 82.1 Å². The quantitative estimate of drug-likeness (QED) is 0.775. The normalized spacial score (nSPS) is 11.5. The third kappa shape index (κ3) is 1.66. The van der Waals surface area contributed by atoms with Gasteiger partial charge in [-0.15, -0.1) is 15.3 Å². The lowest BCUT2D eigenvalue weighted by atomic mass is 10.4. The lowest BCUT2D eigenvalue weighted by molar-refractivity contribution is 0.491. The Morgan fingerprint density at radius 1 is 0.938 bits per heavy atom. The molecule has 2 N–H and O–H groups in total. The van der Waals surface area contributed by atoms with Crippen LogP contribution in [0.2, 0.25) is 0 Å². The van der Waals surface area contributed by atoms with Crippen LogP contribution in [0, 0.1) is 24.6 Å². The second-order valence-electron chi connectivity index (χ2n) is 2.86. The molecule has 0 aromatic carbocycles. The van der Waals surface area contributed by atoms with Crippen LogP contribution in [0.1, 0.15) is 5.56 Å². The fraction of sp³-hybridized carbons (Fsp3) is 0.143. The highest BCUT2D eigenvalue weighted by molar-refractivity contribution is 5.36. The summed E-state index contributed by atoms with van der Waals surface area (Å²) in [6, 6.07) is 0. The van der Waals surface area contributed by atoms with Crippen LogP contribution in [0.4, 0.5) is 24.8 Å². The van der Waals surface area contributed by atoms with Gasteiger partial charge < -0.3 is 0 Å². The molecule has 2 rings (SSSR count). The molecule has 9 heteroatoms. The minimum Gasteiger partial charge on any atom is -0.251 e. The Labute approximate surface area is 86.6 Å². The monoisotopic (exact) mass is 230 g/mol. The lowest BCUT2D eigenvalue weighted by Crippen LogP contribution is -1.74. The van der Waals surface area contributed by atoms with Crippen molar-refractivity contribution in [2.45, 2.75) is 6.92 Å². The summed E-state index contributed by atoms with van der Waals surface area (Å²) >= 11 is 0. The predicted molar refractivity (Wildman–Crippen MR) is 46.0 cm³/mol. The van der Waals surface area contributed by atoms with Crippen molar-refractivity contribution in [2.24, 2.45) is 10.2 Å². The van der Waals surface area contributed by atoms with E-state index in [0.717, 1.165) is 0 Å². The number of nitrogens with zero attached hydrogens (tertiary/aromatic N) is 4. The minimum atomic E-state index is -1.25. The Kier molecular flexibility index (Phi) is 2.43. The van der Waals surface area contributed by atoms with Crippen LogP contribution in [-0.2, 0) is 0 Å². The van der Waals surface area contributed by atoms with Gasteiger partial charge in [-0.2, -0.15) is 18.3 Å². The smallest absolute Gasteiger partial charge is 0.247 e. The maximum atomic E-state index is 12.8. The van der Waals surface area contributed by atoms with Crippen molar-refractivity contribution >= 4 is 11.6 Å². The number of rotatable bonds is 2. The Morgan fingerprint density at radius 3 is 2.00 bits per heavy atom. The Morgan fingerprint density at radius 2 is 1.50 bits per heavy atom. The van der Waals surface area contributed by atoms with Crippen LogP contribution < -0.4 is 0 Å².